The highest BCUT2D eigenvalue weighted by Crippen LogP contribution is 2.27. The van der Waals surface area contributed by atoms with Gasteiger partial charge >= 0.3 is 0 Å². The van der Waals surface area contributed by atoms with E-state index in [4.69, 9.17) is 9.15 Å². The molecule has 1 N–H and O–H groups in total. The van der Waals surface area contributed by atoms with E-state index >= 15 is 4.39 Å². The van der Waals surface area contributed by atoms with E-state index < -0.39 is 5.82 Å². The molecule has 4 aromatic rings. The molecule has 8 nitrogen and oxygen atoms in total. The Labute approximate surface area is 189 Å². The van der Waals surface area contributed by atoms with Crippen molar-refractivity contribution in [2.24, 2.45) is 0 Å². The summed E-state index contributed by atoms with van der Waals surface area (Å²) in [4.78, 5) is 15.3. The first-order valence-electron chi connectivity index (χ1n) is 11.0. The largest absolute Gasteiger partial charge is 0.484 e. The molecule has 9 heteroatoms. The van der Waals surface area contributed by atoms with Gasteiger partial charge in [0, 0.05) is 44.3 Å². The van der Waals surface area contributed by atoms with Crippen LogP contribution >= 0.6 is 0 Å². The van der Waals surface area contributed by atoms with Crippen LogP contribution in [0.5, 0.6) is 5.75 Å². The summed E-state index contributed by atoms with van der Waals surface area (Å²) in [5.41, 5.74) is 1.07. The Balaban J connectivity index is 1.50. The number of para-hydroxylation sites is 1. The van der Waals surface area contributed by atoms with Crippen molar-refractivity contribution in [3.05, 3.63) is 70.6 Å². The van der Waals surface area contributed by atoms with E-state index in [0.29, 0.717) is 36.6 Å². The Hall–Kier alpha value is -3.72. The normalized spacial score (nSPS) is 14.1. The summed E-state index contributed by atoms with van der Waals surface area (Å²) in [6.45, 7) is 5.66. The smallest absolute Gasteiger partial charge is 0.254 e. The first kappa shape index (κ1) is 21.1. The van der Waals surface area contributed by atoms with Gasteiger partial charge in [-0.15, -0.1) is 10.2 Å². The van der Waals surface area contributed by atoms with Crippen LogP contribution in [0.4, 0.5) is 10.1 Å². The van der Waals surface area contributed by atoms with Gasteiger partial charge < -0.3 is 23.9 Å². The molecule has 0 radical (unpaired) electrons. The van der Waals surface area contributed by atoms with Crippen LogP contribution in [0.15, 0.2) is 57.9 Å². The van der Waals surface area contributed by atoms with E-state index in [-0.39, 0.29) is 34.8 Å². The molecule has 2 aromatic heterocycles. The summed E-state index contributed by atoms with van der Waals surface area (Å²) < 4.78 is 28.3. The summed E-state index contributed by atoms with van der Waals surface area (Å²) in [6.07, 6.45) is 1.69. The highest BCUT2D eigenvalue weighted by Gasteiger charge is 2.21. The van der Waals surface area contributed by atoms with Gasteiger partial charge in [-0.1, -0.05) is 18.2 Å². The molecule has 0 atom stereocenters. The number of fused-ring (bicyclic) bond motifs is 1. The minimum atomic E-state index is -0.413. The Morgan fingerprint density at radius 2 is 1.94 bits per heavy atom. The number of hydrogen-bond acceptors (Lipinski definition) is 7. The van der Waals surface area contributed by atoms with E-state index in [1.165, 1.54) is 6.07 Å². The van der Waals surface area contributed by atoms with Crippen LogP contribution in [0.2, 0.25) is 0 Å². The Morgan fingerprint density at radius 1 is 1.15 bits per heavy atom. The summed E-state index contributed by atoms with van der Waals surface area (Å²) in [7, 11) is 0. The summed E-state index contributed by atoms with van der Waals surface area (Å²) in [6, 6.07) is 12.4. The number of aryl methyl sites for hydroxylation is 1. The molecule has 0 saturated carbocycles. The maximum Gasteiger partial charge on any atom is 0.254 e. The molecule has 2 aromatic carbocycles. The second-order valence-electron chi connectivity index (χ2n) is 7.82. The van der Waals surface area contributed by atoms with Crippen molar-refractivity contribution in [3.63, 3.8) is 0 Å². The van der Waals surface area contributed by atoms with Gasteiger partial charge in [-0.2, -0.15) is 0 Å². The zero-order chi connectivity index (χ0) is 22.8. The molecule has 1 aliphatic rings. The van der Waals surface area contributed by atoms with Gasteiger partial charge in [-0.25, -0.2) is 4.39 Å². The lowest BCUT2D eigenvalue weighted by Crippen LogP contribution is -2.43. The lowest BCUT2D eigenvalue weighted by molar-refractivity contribution is 0.264. The quantitative estimate of drug-likeness (QED) is 0.484. The van der Waals surface area contributed by atoms with Crippen molar-refractivity contribution in [3.8, 4) is 17.2 Å². The summed E-state index contributed by atoms with van der Waals surface area (Å²) in [5.74, 6) is 0.592. The van der Waals surface area contributed by atoms with Crippen LogP contribution in [0, 0.1) is 5.82 Å². The molecule has 170 valence electrons. The average molecular weight is 449 g/mol. The lowest BCUT2D eigenvalue weighted by Gasteiger charge is -2.30. The fourth-order valence-corrected chi connectivity index (χ4v) is 4.04. The molecule has 0 aliphatic carbocycles. The van der Waals surface area contributed by atoms with Crippen LogP contribution in [-0.4, -0.2) is 40.9 Å². The fraction of sp³-hybridized carbons (Fsp3) is 0.292. The number of anilines is 1. The van der Waals surface area contributed by atoms with Crippen LogP contribution in [0.3, 0.4) is 0 Å². The molecule has 0 unspecified atom stereocenters. The number of aromatic nitrogens is 3. The zero-order valence-corrected chi connectivity index (χ0v) is 18.3. The van der Waals surface area contributed by atoms with Crippen LogP contribution < -0.4 is 20.4 Å². The molecule has 1 fully saturated rings. The van der Waals surface area contributed by atoms with Crippen molar-refractivity contribution in [1.82, 2.24) is 20.1 Å². The van der Waals surface area contributed by atoms with Crippen molar-refractivity contribution >= 4 is 16.6 Å². The van der Waals surface area contributed by atoms with Crippen molar-refractivity contribution < 1.29 is 13.5 Å². The fourth-order valence-electron chi connectivity index (χ4n) is 4.04. The number of nitrogens with zero attached hydrogens (tertiary/aromatic N) is 4. The summed E-state index contributed by atoms with van der Waals surface area (Å²) >= 11 is 0. The van der Waals surface area contributed by atoms with Crippen molar-refractivity contribution in [2.45, 2.75) is 20.1 Å². The minimum absolute atomic E-state index is 0.0786. The van der Waals surface area contributed by atoms with Gasteiger partial charge in [0.05, 0.1) is 11.2 Å². The maximum atomic E-state index is 15.0. The van der Waals surface area contributed by atoms with Crippen molar-refractivity contribution in [1.29, 1.82) is 0 Å². The molecule has 1 saturated heterocycles. The Kier molecular flexibility index (Phi) is 5.78. The van der Waals surface area contributed by atoms with Crippen LogP contribution in [0.1, 0.15) is 12.8 Å². The molecule has 0 amide bonds. The first-order chi connectivity index (χ1) is 16.1. The van der Waals surface area contributed by atoms with Crippen LogP contribution in [-0.2, 0) is 13.2 Å². The van der Waals surface area contributed by atoms with Gasteiger partial charge in [0.2, 0.25) is 5.43 Å². The topological polar surface area (TPSA) is 85.4 Å². The lowest BCUT2D eigenvalue weighted by atomic mass is 10.1. The van der Waals surface area contributed by atoms with E-state index in [9.17, 15) is 4.79 Å². The average Bonchev–Trinajstić information content (AvgIpc) is 3.33. The predicted octanol–water partition coefficient (Wildman–Crippen LogP) is 3.20. The van der Waals surface area contributed by atoms with E-state index in [0.717, 1.165) is 13.1 Å². The van der Waals surface area contributed by atoms with Gasteiger partial charge in [0.1, 0.15) is 17.1 Å². The molecule has 0 spiro atoms. The van der Waals surface area contributed by atoms with Crippen LogP contribution in [0.25, 0.3) is 22.4 Å². The maximum absolute atomic E-state index is 15.0. The third-order valence-electron chi connectivity index (χ3n) is 5.75. The number of ether oxygens (including phenoxy) is 1. The number of pyridine rings is 1. The van der Waals surface area contributed by atoms with E-state index in [1.54, 1.807) is 12.3 Å². The molecular weight excluding hydrogens is 425 g/mol. The van der Waals surface area contributed by atoms with Gasteiger partial charge in [-0.05, 0) is 31.2 Å². The molecule has 33 heavy (non-hydrogen) atoms. The highest BCUT2D eigenvalue weighted by molar-refractivity contribution is 5.86. The third kappa shape index (κ3) is 4.19. The standard InChI is InChI=1S/C24H24FN5O3/c1-2-29-14-18(24-28-27-22(33-24)15-32-16-6-4-3-5-7-16)23(31)17-12-19(25)21(13-20(17)29)30-10-8-26-9-11-30/h3-7,12-14,26H,2,8-11,15H2,1H3. The third-order valence-corrected chi connectivity index (χ3v) is 5.75. The number of hydrogen-bond donors (Lipinski definition) is 1. The second kappa shape index (κ2) is 9.03. The second-order valence-corrected chi connectivity index (χ2v) is 7.82. The summed E-state index contributed by atoms with van der Waals surface area (Å²) in [5, 5.41) is 11.6. The van der Waals surface area contributed by atoms with Gasteiger partial charge in [0.25, 0.3) is 11.8 Å². The highest BCUT2D eigenvalue weighted by atomic mass is 19.1. The number of piperazine rings is 1. The SMILES string of the molecule is CCn1cc(-c2nnc(COc3ccccc3)o2)c(=O)c2cc(F)c(N3CCNCC3)cc21. The molecule has 5 rings (SSSR count). The number of benzene rings is 2. The van der Waals surface area contributed by atoms with Gasteiger partial charge in [-0.3, -0.25) is 4.79 Å². The number of nitrogens with one attached hydrogen (secondary N) is 1. The number of halogens is 1. The molecule has 3 heterocycles. The molecular formula is C24H24FN5O3. The number of rotatable bonds is 6. The van der Waals surface area contributed by atoms with Crippen molar-refractivity contribution in [2.75, 3.05) is 31.1 Å². The van der Waals surface area contributed by atoms with E-state index in [2.05, 4.69) is 15.5 Å². The monoisotopic (exact) mass is 449 g/mol. The van der Waals surface area contributed by atoms with E-state index in [1.807, 2.05) is 46.7 Å². The first-order valence-corrected chi connectivity index (χ1v) is 11.0. The predicted molar refractivity (Wildman–Crippen MR) is 123 cm³/mol. The minimum Gasteiger partial charge on any atom is -0.484 e. The zero-order valence-electron chi connectivity index (χ0n) is 18.3. The Bertz CT molecular complexity index is 1330. The molecule has 1 aliphatic heterocycles. The van der Waals surface area contributed by atoms with Gasteiger partial charge in [0.15, 0.2) is 6.61 Å². The molecule has 0 bridgehead atoms. The Morgan fingerprint density at radius 3 is 2.70 bits per heavy atom.